The van der Waals surface area contributed by atoms with Crippen molar-refractivity contribution in [3.8, 4) is 0 Å². The van der Waals surface area contributed by atoms with E-state index >= 15 is 0 Å². The highest BCUT2D eigenvalue weighted by Gasteiger charge is 2.03. The number of hydrogen-bond donors (Lipinski definition) is 2. The topological polar surface area (TPSA) is 32.3 Å². The molecule has 0 aliphatic carbocycles. The van der Waals surface area contributed by atoms with Crippen molar-refractivity contribution >= 4 is 0 Å². The lowest BCUT2D eigenvalue weighted by molar-refractivity contribution is 0.251. The lowest BCUT2D eigenvalue weighted by Crippen LogP contribution is -2.28. The summed E-state index contributed by atoms with van der Waals surface area (Å²) in [6.07, 6.45) is 1.18. The van der Waals surface area contributed by atoms with Crippen LogP contribution < -0.4 is 5.32 Å². The van der Waals surface area contributed by atoms with Gasteiger partial charge in [0.05, 0.1) is 6.61 Å². The molecule has 0 aromatic heterocycles. The molecule has 2 unspecified atom stereocenters. The van der Waals surface area contributed by atoms with Gasteiger partial charge in [0.25, 0.3) is 0 Å². The molecule has 2 heteroatoms. The summed E-state index contributed by atoms with van der Waals surface area (Å²) in [7, 11) is 0. The molecule has 0 aliphatic rings. The van der Waals surface area contributed by atoms with Gasteiger partial charge in [-0.2, -0.15) is 0 Å². The van der Waals surface area contributed by atoms with Gasteiger partial charge >= 0.3 is 0 Å². The van der Waals surface area contributed by atoms with Crippen LogP contribution in [-0.2, 0) is 6.54 Å². The van der Waals surface area contributed by atoms with E-state index in [2.05, 4.69) is 43.4 Å². The van der Waals surface area contributed by atoms with E-state index in [9.17, 15) is 0 Å². The maximum Gasteiger partial charge on any atom is 0.0582 e. The zero-order chi connectivity index (χ0) is 12.0. The molecule has 0 saturated carbocycles. The van der Waals surface area contributed by atoms with E-state index in [1.54, 1.807) is 0 Å². The highest BCUT2D eigenvalue weighted by molar-refractivity contribution is 5.24. The Balaban J connectivity index is 2.51. The lowest BCUT2D eigenvalue weighted by Gasteiger charge is -2.12. The standard InChI is InChI=1S/C14H23NO/c1-4-11(2)14-7-5-13(6-8-14)9-15-12(3)10-16/h5-8,11-12,15-16H,4,9-10H2,1-3H3. The normalized spacial score (nSPS) is 14.8. The zero-order valence-corrected chi connectivity index (χ0v) is 10.5. The Morgan fingerprint density at radius 1 is 1.19 bits per heavy atom. The zero-order valence-electron chi connectivity index (χ0n) is 10.5. The van der Waals surface area contributed by atoms with Crippen LogP contribution in [0.15, 0.2) is 24.3 Å². The van der Waals surface area contributed by atoms with Crippen LogP contribution in [0.4, 0.5) is 0 Å². The molecule has 2 N–H and O–H groups in total. The molecule has 1 aromatic rings. The Labute approximate surface area is 98.7 Å². The summed E-state index contributed by atoms with van der Waals surface area (Å²) in [5.74, 6) is 0.637. The van der Waals surface area contributed by atoms with Crippen molar-refractivity contribution in [1.29, 1.82) is 0 Å². The largest absolute Gasteiger partial charge is 0.395 e. The van der Waals surface area contributed by atoms with Crippen LogP contribution in [0.25, 0.3) is 0 Å². The first-order valence-electron chi connectivity index (χ1n) is 6.10. The Hall–Kier alpha value is -0.860. The van der Waals surface area contributed by atoms with Crippen LogP contribution in [0.2, 0.25) is 0 Å². The minimum absolute atomic E-state index is 0.161. The maximum absolute atomic E-state index is 8.90. The molecule has 0 aliphatic heterocycles. The molecule has 0 radical (unpaired) electrons. The number of rotatable bonds is 6. The summed E-state index contributed by atoms with van der Waals surface area (Å²) < 4.78 is 0. The predicted octanol–water partition coefficient (Wildman–Crippen LogP) is 2.67. The molecule has 0 saturated heterocycles. The summed E-state index contributed by atoms with van der Waals surface area (Å²) in [5, 5.41) is 12.2. The molecule has 1 aromatic carbocycles. The minimum atomic E-state index is 0.161. The van der Waals surface area contributed by atoms with E-state index in [0.717, 1.165) is 6.54 Å². The van der Waals surface area contributed by atoms with Gasteiger partial charge in [-0.05, 0) is 30.4 Å². The fourth-order valence-electron chi connectivity index (χ4n) is 1.56. The smallest absolute Gasteiger partial charge is 0.0582 e. The van der Waals surface area contributed by atoms with Crippen LogP contribution >= 0.6 is 0 Å². The van der Waals surface area contributed by atoms with Gasteiger partial charge in [0.15, 0.2) is 0 Å². The molecule has 0 bridgehead atoms. The molecule has 0 spiro atoms. The molecule has 2 nitrogen and oxygen atoms in total. The van der Waals surface area contributed by atoms with Crippen molar-refractivity contribution in [2.45, 2.75) is 45.7 Å². The average Bonchev–Trinajstić information content (AvgIpc) is 2.35. The average molecular weight is 221 g/mol. The first-order chi connectivity index (χ1) is 7.67. The van der Waals surface area contributed by atoms with Crippen LogP contribution in [0.3, 0.4) is 0 Å². The van der Waals surface area contributed by atoms with Gasteiger partial charge in [0, 0.05) is 12.6 Å². The fraction of sp³-hybridized carbons (Fsp3) is 0.571. The number of benzene rings is 1. The summed E-state index contributed by atoms with van der Waals surface area (Å²) in [5.41, 5.74) is 2.67. The van der Waals surface area contributed by atoms with E-state index in [4.69, 9.17) is 5.11 Å². The quantitative estimate of drug-likeness (QED) is 0.774. The summed E-state index contributed by atoms with van der Waals surface area (Å²) >= 11 is 0. The SMILES string of the molecule is CCC(C)c1ccc(CNC(C)CO)cc1. The van der Waals surface area contributed by atoms with E-state index in [1.165, 1.54) is 17.5 Å². The Morgan fingerprint density at radius 3 is 2.31 bits per heavy atom. The monoisotopic (exact) mass is 221 g/mol. The summed E-state index contributed by atoms with van der Waals surface area (Å²) in [6, 6.07) is 8.90. The van der Waals surface area contributed by atoms with Crippen molar-refractivity contribution < 1.29 is 5.11 Å². The van der Waals surface area contributed by atoms with Crippen LogP contribution in [0.5, 0.6) is 0 Å². The van der Waals surface area contributed by atoms with Crippen LogP contribution in [0.1, 0.15) is 44.2 Å². The third-order valence-electron chi connectivity index (χ3n) is 3.09. The number of hydrogen-bond acceptors (Lipinski definition) is 2. The van der Waals surface area contributed by atoms with Gasteiger partial charge < -0.3 is 10.4 Å². The molecule has 1 rings (SSSR count). The number of aliphatic hydroxyl groups is 1. The predicted molar refractivity (Wildman–Crippen MR) is 68.5 cm³/mol. The molecule has 0 fully saturated rings. The van der Waals surface area contributed by atoms with E-state index in [0.29, 0.717) is 5.92 Å². The fourth-order valence-corrected chi connectivity index (χ4v) is 1.56. The molecule has 0 amide bonds. The van der Waals surface area contributed by atoms with E-state index in [1.807, 2.05) is 6.92 Å². The molecule has 0 heterocycles. The van der Waals surface area contributed by atoms with Gasteiger partial charge in [0.2, 0.25) is 0 Å². The van der Waals surface area contributed by atoms with Gasteiger partial charge in [-0.3, -0.25) is 0 Å². The molecule has 90 valence electrons. The van der Waals surface area contributed by atoms with Crippen LogP contribution in [0, 0.1) is 0 Å². The summed E-state index contributed by atoms with van der Waals surface area (Å²) in [4.78, 5) is 0. The maximum atomic E-state index is 8.90. The minimum Gasteiger partial charge on any atom is -0.395 e. The van der Waals surface area contributed by atoms with Crippen molar-refractivity contribution in [2.75, 3.05) is 6.61 Å². The van der Waals surface area contributed by atoms with Gasteiger partial charge in [-0.1, -0.05) is 38.1 Å². The summed E-state index contributed by atoms with van der Waals surface area (Å²) in [6.45, 7) is 7.45. The Morgan fingerprint density at radius 2 is 1.81 bits per heavy atom. The first-order valence-corrected chi connectivity index (χ1v) is 6.10. The highest BCUT2D eigenvalue weighted by Crippen LogP contribution is 2.18. The number of nitrogens with one attached hydrogen (secondary N) is 1. The molecular formula is C14H23NO. The highest BCUT2D eigenvalue weighted by atomic mass is 16.3. The second-order valence-electron chi connectivity index (χ2n) is 4.52. The van der Waals surface area contributed by atoms with Crippen molar-refractivity contribution in [1.82, 2.24) is 5.32 Å². The first kappa shape index (κ1) is 13.2. The third-order valence-corrected chi connectivity index (χ3v) is 3.09. The third kappa shape index (κ3) is 3.95. The van der Waals surface area contributed by atoms with Gasteiger partial charge in [-0.15, -0.1) is 0 Å². The van der Waals surface area contributed by atoms with E-state index in [-0.39, 0.29) is 12.6 Å². The Bertz CT molecular complexity index is 294. The Kier molecular flexibility index (Phi) is 5.50. The molecule has 16 heavy (non-hydrogen) atoms. The van der Waals surface area contributed by atoms with Crippen molar-refractivity contribution in [3.05, 3.63) is 35.4 Å². The lowest BCUT2D eigenvalue weighted by atomic mass is 9.98. The number of aliphatic hydroxyl groups excluding tert-OH is 1. The van der Waals surface area contributed by atoms with Gasteiger partial charge in [0.1, 0.15) is 0 Å². The van der Waals surface area contributed by atoms with Crippen LogP contribution in [-0.4, -0.2) is 17.8 Å². The van der Waals surface area contributed by atoms with Gasteiger partial charge in [-0.25, -0.2) is 0 Å². The molecule has 2 atom stereocenters. The molecular weight excluding hydrogens is 198 g/mol. The second kappa shape index (κ2) is 6.66. The van der Waals surface area contributed by atoms with Crippen molar-refractivity contribution in [3.63, 3.8) is 0 Å². The second-order valence-corrected chi connectivity index (χ2v) is 4.52. The van der Waals surface area contributed by atoms with Crippen molar-refractivity contribution in [2.24, 2.45) is 0 Å². The van der Waals surface area contributed by atoms with E-state index < -0.39 is 0 Å².